The average Bonchev–Trinajstić information content (AvgIpc) is 2.59. The monoisotopic (exact) mass is 1220 g/mol. The molecule has 1 aromatic heterocycles. The van der Waals surface area contributed by atoms with Gasteiger partial charge in [0.25, 0.3) is 0 Å². The molecule has 0 saturated heterocycles. The Morgan fingerprint density at radius 3 is 1.62 bits per heavy atom. The minimum absolute atomic E-state index is 0.0361. The van der Waals surface area contributed by atoms with Crippen molar-refractivity contribution in [2.75, 3.05) is 26.2 Å². The number of aromatic amines is 1. The number of benzene rings is 2. The Hall–Kier alpha value is -8.13. The van der Waals surface area contributed by atoms with Gasteiger partial charge in [0.15, 0.2) is 0 Å². The van der Waals surface area contributed by atoms with Crippen LogP contribution >= 0.6 is 0 Å². The largest absolute Gasteiger partial charge is 0.508 e. The number of hydrogen-bond donors (Lipinski definition) is 15. The van der Waals surface area contributed by atoms with Crippen LogP contribution in [0, 0.1) is 5.92 Å². The predicted molar refractivity (Wildman–Crippen MR) is 328 cm³/mol. The molecule has 2 aromatic carbocycles. The molecule has 0 saturated carbocycles. The third kappa shape index (κ3) is 27.8. The number of H-pyrrole nitrogens is 1. The molecule has 0 spiro atoms. The summed E-state index contributed by atoms with van der Waals surface area (Å²) >= 11 is 0. The zero-order chi connectivity index (χ0) is 64.3. The van der Waals surface area contributed by atoms with Crippen LogP contribution in [-0.4, -0.2) is 149 Å². The number of aromatic hydroxyl groups is 1. The van der Waals surface area contributed by atoms with Crippen LogP contribution in [0.3, 0.4) is 0 Å². The van der Waals surface area contributed by atoms with Gasteiger partial charge in [0.1, 0.15) is 48.0 Å². The van der Waals surface area contributed by atoms with Gasteiger partial charge in [-0.2, -0.15) is 0 Å². The van der Waals surface area contributed by atoms with Gasteiger partial charge in [-0.25, -0.2) is 0 Å². The first-order chi connectivity index (χ1) is 41.6. The molecule has 0 bridgehead atoms. The summed E-state index contributed by atoms with van der Waals surface area (Å²) in [5.41, 5.74) is 19.1. The maximum atomic E-state index is 14.1. The fraction of sp³-hybridized carbons (Fsp3) is 0.590. The van der Waals surface area contributed by atoms with Crippen molar-refractivity contribution in [2.24, 2.45) is 23.1 Å². The van der Waals surface area contributed by atoms with Crippen LogP contribution in [0.25, 0.3) is 10.9 Å². The van der Waals surface area contributed by atoms with Crippen molar-refractivity contribution in [1.29, 1.82) is 0 Å². The lowest BCUT2D eigenvalue weighted by molar-refractivity contribution is -0.142. The smallest absolute Gasteiger partial charge is 0.325 e. The van der Waals surface area contributed by atoms with Gasteiger partial charge in [-0.1, -0.05) is 122 Å². The van der Waals surface area contributed by atoms with Crippen molar-refractivity contribution in [2.45, 2.75) is 198 Å². The number of rotatable bonds is 44. The van der Waals surface area contributed by atoms with Gasteiger partial charge >= 0.3 is 5.97 Å². The van der Waals surface area contributed by atoms with E-state index in [1.54, 1.807) is 20.0 Å². The highest BCUT2D eigenvalue weighted by atomic mass is 16.4. The van der Waals surface area contributed by atoms with Crippen LogP contribution in [0.4, 0.5) is 0 Å². The van der Waals surface area contributed by atoms with E-state index < -0.39 is 127 Å². The van der Waals surface area contributed by atoms with E-state index in [9.17, 15) is 63.0 Å². The second-order valence-electron chi connectivity index (χ2n) is 22.1. The Balaban J connectivity index is 1.67. The number of hydrogen-bond acceptors (Lipinski definition) is 14. The Morgan fingerprint density at radius 2 is 1.05 bits per heavy atom. The molecule has 0 unspecified atom stereocenters. The SMILES string of the molecule is CCCCCCCCCCCCCC(=O)N[C@@H](Cc1c[nH]c2ccccc12)C(=O)NCC(=O)NCC(=O)N[C@H](C(=O)N[C@@H](CCCN)C(=O)N[C@@H](CCCN)C(=O)N[C@@H](CC(N)=O)C(=O)N[C@@H](Cc1ccc(O)cc1)C(=O)N[C@@H](C)C(=O)O)[C@@H](C)CC. The normalized spacial score (nSPS) is 13.9. The number of amides is 10. The van der Waals surface area contributed by atoms with Crippen LogP contribution in [0.5, 0.6) is 5.75 Å². The van der Waals surface area contributed by atoms with Crippen LogP contribution in [0.2, 0.25) is 0 Å². The minimum atomic E-state index is -1.72. The molecule has 10 amide bonds. The van der Waals surface area contributed by atoms with Crippen LogP contribution in [-0.2, 0) is 65.6 Å². The van der Waals surface area contributed by atoms with E-state index in [0.29, 0.717) is 18.4 Å². The first-order valence-corrected chi connectivity index (χ1v) is 30.5. The van der Waals surface area contributed by atoms with Crippen molar-refractivity contribution in [3.05, 3.63) is 65.9 Å². The van der Waals surface area contributed by atoms with Crippen molar-refractivity contribution >= 4 is 75.9 Å². The molecular formula is C61H95N13O13. The van der Waals surface area contributed by atoms with Gasteiger partial charge in [-0.15, -0.1) is 0 Å². The highest BCUT2D eigenvalue weighted by Crippen LogP contribution is 2.20. The lowest BCUT2D eigenvalue weighted by atomic mass is 9.97. The van der Waals surface area contributed by atoms with Gasteiger partial charge in [0, 0.05) is 36.4 Å². The molecule has 3 rings (SSSR count). The highest BCUT2D eigenvalue weighted by Gasteiger charge is 2.35. The topological polar surface area (TPSA) is 430 Å². The molecule has 0 radical (unpaired) electrons. The summed E-state index contributed by atoms with van der Waals surface area (Å²) in [5.74, 6) is -10.1. The predicted octanol–water partition coefficient (Wildman–Crippen LogP) is 1.49. The number of carbonyl (C=O) groups is 11. The summed E-state index contributed by atoms with van der Waals surface area (Å²) in [6.45, 7) is 5.85. The first kappa shape index (κ1) is 73.1. The number of carbonyl (C=O) groups excluding carboxylic acids is 10. The fourth-order valence-corrected chi connectivity index (χ4v) is 9.53. The van der Waals surface area contributed by atoms with Gasteiger partial charge in [0.2, 0.25) is 59.1 Å². The van der Waals surface area contributed by atoms with Gasteiger partial charge in [-0.05, 0) is 87.4 Å². The van der Waals surface area contributed by atoms with E-state index in [1.807, 2.05) is 24.3 Å². The zero-order valence-electron chi connectivity index (χ0n) is 50.9. The number of unbranched alkanes of at least 4 members (excludes halogenated alkanes) is 10. The van der Waals surface area contributed by atoms with Crippen molar-refractivity contribution < 1.29 is 63.0 Å². The number of phenols is 1. The number of para-hydroxylation sites is 1. The quantitative estimate of drug-likeness (QED) is 0.0357. The Bertz CT molecular complexity index is 2700. The van der Waals surface area contributed by atoms with Gasteiger partial charge < -0.3 is 80.2 Å². The number of phenolic OH excluding ortho intramolecular Hbond substituents is 1. The molecule has 26 nitrogen and oxygen atoms in total. The average molecular weight is 1220 g/mol. The zero-order valence-corrected chi connectivity index (χ0v) is 50.9. The number of nitrogens with two attached hydrogens (primary N) is 3. The lowest BCUT2D eigenvalue weighted by Crippen LogP contribution is -2.60. The maximum absolute atomic E-state index is 14.1. The summed E-state index contributed by atoms with van der Waals surface area (Å²) in [6, 6.07) is 3.51. The van der Waals surface area contributed by atoms with Crippen LogP contribution in [0.1, 0.15) is 154 Å². The fourth-order valence-electron chi connectivity index (χ4n) is 9.53. The number of primary amides is 1. The molecule has 26 heteroatoms. The van der Waals surface area contributed by atoms with Crippen LogP contribution < -0.4 is 65.1 Å². The minimum Gasteiger partial charge on any atom is -0.508 e. The van der Waals surface area contributed by atoms with Crippen molar-refractivity contribution in [1.82, 2.24) is 52.8 Å². The molecule has 0 aliphatic heterocycles. The number of aliphatic carboxylic acids is 1. The molecular weight excluding hydrogens is 1120 g/mol. The van der Waals surface area contributed by atoms with Crippen molar-refractivity contribution in [3.8, 4) is 5.75 Å². The maximum Gasteiger partial charge on any atom is 0.325 e. The molecule has 87 heavy (non-hydrogen) atoms. The van der Waals surface area contributed by atoms with E-state index in [1.165, 1.54) is 76.1 Å². The molecule has 1 heterocycles. The summed E-state index contributed by atoms with van der Waals surface area (Å²) in [6.07, 6.45) is 14.1. The van der Waals surface area contributed by atoms with E-state index in [2.05, 4.69) is 59.8 Å². The number of nitrogens with one attached hydrogen (secondary N) is 10. The third-order valence-electron chi connectivity index (χ3n) is 14.9. The summed E-state index contributed by atoms with van der Waals surface area (Å²) in [7, 11) is 0. The molecule has 8 atom stereocenters. The molecule has 0 aliphatic rings. The molecule has 0 aliphatic carbocycles. The van der Waals surface area contributed by atoms with Gasteiger partial charge in [0.05, 0.1) is 19.5 Å². The van der Waals surface area contributed by atoms with Crippen LogP contribution in [0.15, 0.2) is 54.7 Å². The number of aromatic nitrogens is 1. The summed E-state index contributed by atoms with van der Waals surface area (Å²) in [4.78, 5) is 150. The van der Waals surface area contributed by atoms with E-state index >= 15 is 0 Å². The first-order valence-electron chi connectivity index (χ1n) is 30.5. The Morgan fingerprint density at radius 1 is 0.529 bits per heavy atom. The highest BCUT2D eigenvalue weighted by molar-refractivity contribution is 5.99. The van der Waals surface area contributed by atoms with Crippen molar-refractivity contribution in [3.63, 3.8) is 0 Å². The standard InChI is InChI=1S/C61H95N13O13/c1-5-7-8-9-10-11-12-13-14-15-16-25-51(77)69-48(33-41-35-65-44-22-18-17-21-43(41)44)55(80)67-36-52(78)66-37-53(79)74-54(38(3)6-2)60(85)71-46(24-20-31-63)56(81)70-45(23-19-30-62)57(82)73-49(34-50(64)76)59(84)72-47(58(83)68-39(4)61(86)87)32-40-26-28-42(75)29-27-40/h17-18,21-22,26-29,35,38-39,45-49,54,65,75H,5-16,19-20,23-25,30-34,36-37,62-63H2,1-4H3,(H2,64,76)(H,66,78)(H,67,80)(H,68,83)(H,69,77)(H,70,81)(H,71,85)(H,72,84)(H,73,82)(H,74,79)(H,86,87)/t38-,39-,45-,46-,47-,48-,49-,54-/m0/s1. The number of carboxylic acid groups (broad SMARTS) is 1. The number of carboxylic acids is 1. The third-order valence-corrected chi connectivity index (χ3v) is 14.9. The Labute approximate surface area is 509 Å². The van der Waals surface area contributed by atoms with E-state index in [4.69, 9.17) is 17.2 Å². The molecule has 0 fully saturated rings. The molecule has 18 N–H and O–H groups in total. The Kier molecular flexibility index (Phi) is 33.9. The summed E-state index contributed by atoms with van der Waals surface area (Å²) in [5, 5.41) is 42.9. The number of fused-ring (bicyclic) bond motifs is 1. The van der Waals surface area contributed by atoms with Gasteiger partial charge in [-0.3, -0.25) is 52.7 Å². The second-order valence-corrected chi connectivity index (χ2v) is 22.1. The second kappa shape index (κ2) is 40.3. The molecule has 3 aromatic rings. The van der Waals surface area contributed by atoms with E-state index in [-0.39, 0.29) is 69.7 Å². The molecule has 482 valence electrons. The summed E-state index contributed by atoms with van der Waals surface area (Å²) < 4.78 is 0. The van der Waals surface area contributed by atoms with E-state index in [0.717, 1.165) is 35.7 Å². The lowest BCUT2D eigenvalue weighted by Gasteiger charge is -2.28.